The molecule has 6 nitrogen and oxygen atoms in total. The minimum Gasteiger partial charge on any atom is -0.370 e. The van der Waals surface area contributed by atoms with Crippen molar-refractivity contribution in [2.24, 2.45) is 10.7 Å². The lowest BCUT2D eigenvalue weighted by atomic mass is 9.80. The summed E-state index contributed by atoms with van der Waals surface area (Å²) < 4.78 is 0. The Bertz CT molecular complexity index is 1360. The summed E-state index contributed by atoms with van der Waals surface area (Å²) >= 11 is 0. The number of aliphatic imine (C=N–C) groups is 1. The molecule has 188 valence electrons. The van der Waals surface area contributed by atoms with Crippen molar-refractivity contribution in [3.8, 4) is 0 Å². The molecule has 0 bridgehead atoms. The Morgan fingerprint density at radius 3 is 2.72 bits per heavy atom. The third kappa shape index (κ3) is 4.33. The maximum atomic E-state index is 6.33. The first-order chi connectivity index (χ1) is 17.2. The Hall–Kier alpha value is -3.09. The van der Waals surface area contributed by atoms with Crippen LogP contribution in [-0.2, 0) is 12.1 Å². The van der Waals surface area contributed by atoms with Crippen LogP contribution < -0.4 is 16.4 Å². The first-order valence-electron chi connectivity index (χ1n) is 13.2. The molecular weight excluding hydrogens is 444 g/mol. The van der Waals surface area contributed by atoms with Crippen LogP contribution in [0, 0.1) is 6.92 Å². The topological polar surface area (TPSA) is 81.5 Å². The number of benzene rings is 2. The second-order valence-electron chi connectivity index (χ2n) is 11.8. The molecule has 0 radical (unpaired) electrons. The van der Waals surface area contributed by atoms with Gasteiger partial charge in [-0.15, -0.1) is 0 Å². The Kier molecular flexibility index (Phi) is 5.50. The van der Waals surface area contributed by atoms with Crippen LogP contribution in [0.1, 0.15) is 67.3 Å². The summed E-state index contributed by atoms with van der Waals surface area (Å²) in [5.74, 6) is 1.09. The number of piperazine rings is 1. The summed E-state index contributed by atoms with van der Waals surface area (Å²) in [4.78, 5) is 11.2. The predicted octanol–water partition coefficient (Wildman–Crippen LogP) is 4.60. The van der Waals surface area contributed by atoms with E-state index in [-0.39, 0.29) is 5.54 Å². The molecule has 1 saturated carbocycles. The molecule has 3 aliphatic rings. The zero-order valence-electron chi connectivity index (χ0n) is 21.9. The fraction of sp³-hybridized carbons (Fsp3) is 0.433. The molecule has 2 atom stereocenters. The quantitative estimate of drug-likeness (QED) is 0.428. The number of nitrogens with one attached hydrogen (secondary N) is 3. The van der Waals surface area contributed by atoms with Gasteiger partial charge in [-0.1, -0.05) is 30.3 Å². The zero-order valence-corrected chi connectivity index (χ0v) is 21.9. The van der Waals surface area contributed by atoms with Crippen molar-refractivity contribution in [1.82, 2.24) is 20.5 Å². The minimum absolute atomic E-state index is 0.106. The Balaban J connectivity index is 1.47. The van der Waals surface area contributed by atoms with Crippen molar-refractivity contribution >= 4 is 16.9 Å². The summed E-state index contributed by atoms with van der Waals surface area (Å²) in [6, 6.07) is 14.2. The summed E-state index contributed by atoms with van der Waals surface area (Å²) in [6.07, 6.45) is 8.75. The van der Waals surface area contributed by atoms with E-state index in [1.165, 1.54) is 40.5 Å². The van der Waals surface area contributed by atoms with Crippen molar-refractivity contribution in [1.29, 1.82) is 0 Å². The molecule has 1 aromatic heterocycles. The number of fused-ring (bicyclic) bond motifs is 1. The van der Waals surface area contributed by atoms with Crippen molar-refractivity contribution < 1.29 is 0 Å². The molecule has 2 unspecified atom stereocenters. The van der Waals surface area contributed by atoms with Crippen LogP contribution in [0.2, 0.25) is 0 Å². The molecule has 3 aromatic rings. The van der Waals surface area contributed by atoms with Crippen molar-refractivity contribution in [3.05, 3.63) is 82.7 Å². The monoisotopic (exact) mass is 482 g/mol. The number of nitrogens with two attached hydrogens (primary N) is 1. The summed E-state index contributed by atoms with van der Waals surface area (Å²) in [5, 5.41) is 8.00. The summed E-state index contributed by atoms with van der Waals surface area (Å²) in [5.41, 5.74) is 13.2. The third-order valence-corrected chi connectivity index (χ3v) is 7.80. The lowest BCUT2D eigenvalue weighted by Crippen LogP contribution is -2.60. The van der Waals surface area contributed by atoms with Crippen LogP contribution in [0.25, 0.3) is 10.9 Å². The van der Waals surface area contributed by atoms with E-state index >= 15 is 0 Å². The maximum Gasteiger partial charge on any atom is 0.194 e. The van der Waals surface area contributed by atoms with Gasteiger partial charge in [0.15, 0.2) is 5.96 Å². The Morgan fingerprint density at radius 2 is 1.97 bits per heavy atom. The molecule has 2 aromatic carbocycles. The van der Waals surface area contributed by atoms with Gasteiger partial charge in [0.05, 0.1) is 0 Å². The molecule has 1 saturated heterocycles. The maximum absolute atomic E-state index is 6.33. The second-order valence-corrected chi connectivity index (χ2v) is 11.8. The highest BCUT2D eigenvalue weighted by molar-refractivity contribution is 5.88. The molecule has 2 aliphatic heterocycles. The summed E-state index contributed by atoms with van der Waals surface area (Å²) in [7, 11) is 0. The minimum atomic E-state index is -0.682. The first-order valence-corrected chi connectivity index (χ1v) is 13.2. The first kappa shape index (κ1) is 23.3. The van der Waals surface area contributed by atoms with Crippen LogP contribution in [0.4, 0.5) is 0 Å². The van der Waals surface area contributed by atoms with Gasteiger partial charge in [0.25, 0.3) is 0 Å². The molecule has 0 amide bonds. The lowest BCUT2D eigenvalue weighted by molar-refractivity contribution is 0.117. The van der Waals surface area contributed by atoms with E-state index in [0.29, 0.717) is 17.9 Å². The SMILES string of the molecule is Cc1ccc2c(C3(c4cc(CN5CC(C)NC(C)(C)C5)cc(C5CC5)c4)C=CNC(N)=N3)c[nH]c2c1. The van der Waals surface area contributed by atoms with Gasteiger partial charge < -0.3 is 21.4 Å². The van der Waals surface area contributed by atoms with E-state index in [1.807, 2.05) is 6.20 Å². The van der Waals surface area contributed by atoms with Gasteiger partial charge in [-0.05, 0) is 80.9 Å². The number of nitrogens with zero attached hydrogens (tertiary/aromatic N) is 2. The van der Waals surface area contributed by atoms with Crippen LogP contribution in [0.5, 0.6) is 0 Å². The van der Waals surface area contributed by atoms with Gasteiger partial charge in [0.1, 0.15) is 5.54 Å². The number of rotatable bonds is 5. The van der Waals surface area contributed by atoms with Crippen LogP contribution in [-0.4, -0.2) is 40.5 Å². The molecule has 36 heavy (non-hydrogen) atoms. The number of hydrogen-bond acceptors (Lipinski definition) is 5. The van der Waals surface area contributed by atoms with Gasteiger partial charge in [0.2, 0.25) is 0 Å². The normalized spacial score (nSPS) is 26.1. The number of hydrogen-bond donors (Lipinski definition) is 4. The van der Waals surface area contributed by atoms with E-state index in [9.17, 15) is 0 Å². The third-order valence-electron chi connectivity index (χ3n) is 7.80. The molecule has 2 fully saturated rings. The average molecular weight is 483 g/mol. The van der Waals surface area contributed by atoms with Gasteiger partial charge in [-0.25, -0.2) is 4.99 Å². The van der Waals surface area contributed by atoms with Gasteiger partial charge in [0, 0.05) is 60.1 Å². The van der Waals surface area contributed by atoms with Gasteiger partial charge in [-0.3, -0.25) is 4.90 Å². The smallest absolute Gasteiger partial charge is 0.194 e. The van der Waals surface area contributed by atoms with E-state index in [1.54, 1.807) is 0 Å². The van der Waals surface area contributed by atoms with Crippen LogP contribution >= 0.6 is 0 Å². The van der Waals surface area contributed by atoms with E-state index in [2.05, 4.69) is 96.9 Å². The summed E-state index contributed by atoms with van der Waals surface area (Å²) in [6.45, 7) is 12.0. The van der Waals surface area contributed by atoms with E-state index < -0.39 is 5.54 Å². The van der Waals surface area contributed by atoms with Gasteiger partial charge in [-0.2, -0.15) is 0 Å². The Morgan fingerprint density at radius 1 is 1.14 bits per heavy atom. The average Bonchev–Trinajstić information content (AvgIpc) is 3.57. The highest BCUT2D eigenvalue weighted by Gasteiger charge is 2.38. The molecule has 6 heteroatoms. The molecule has 6 rings (SSSR count). The zero-order chi connectivity index (χ0) is 25.1. The molecular formula is C30H38N6. The predicted molar refractivity (Wildman–Crippen MR) is 148 cm³/mol. The molecule has 3 heterocycles. The van der Waals surface area contributed by atoms with Crippen molar-refractivity contribution in [2.75, 3.05) is 13.1 Å². The number of guanidine groups is 1. The van der Waals surface area contributed by atoms with E-state index in [4.69, 9.17) is 10.7 Å². The van der Waals surface area contributed by atoms with Crippen LogP contribution in [0.3, 0.4) is 0 Å². The van der Waals surface area contributed by atoms with Crippen LogP contribution in [0.15, 0.2) is 59.9 Å². The molecule has 0 spiro atoms. The fourth-order valence-electron chi connectivity index (χ4n) is 6.36. The second kappa shape index (κ2) is 8.49. The largest absolute Gasteiger partial charge is 0.370 e. The van der Waals surface area contributed by atoms with Crippen molar-refractivity contribution in [2.45, 2.75) is 70.1 Å². The molecule has 1 aliphatic carbocycles. The standard InChI is InChI=1S/C30H38N6/c1-19-5-8-25-26(15-33-27(25)11-19)30(9-10-32-28(31)35-30)24-13-21(12-23(14-24)22-6-7-22)17-36-16-20(2)34-29(3,4)18-36/h5,8-15,20,22,33-34H,6-7,16-18H2,1-4H3,(H3,31,32,35). The fourth-order valence-corrected chi connectivity index (χ4v) is 6.36. The van der Waals surface area contributed by atoms with Gasteiger partial charge >= 0.3 is 0 Å². The highest BCUT2D eigenvalue weighted by Crippen LogP contribution is 2.45. The lowest BCUT2D eigenvalue weighted by Gasteiger charge is -2.43. The number of aryl methyl sites for hydroxylation is 1. The number of aromatic amines is 1. The molecule has 5 N–H and O–H groups in total. The Labute approximate surface area is 214 Å². The number of H-pyrrole nitrogens is 1. The van der Waals surface area contributed by atoms with Crippen molar-refractivity contribution in [3.63, 3.8) is 0 Å². The van der Waals surface area contributed by atoms with E-state index in [0.717, 1.165) is 30.7 Å². The number of aromatic nitrogens is 1. The highest BCUT2D eigenvalue weighted by atomic mass is 15.2.